The molecule has 0 saturated carbocycles. The number of carbonyl (C=O) groups excluding carboxylic acids is 1. The van der Waals surface area contributed by atoms with E-state index in [1.165, 1.54) is 4.90 Å². The molecule has 0 aliphatic carbocycles. The lowest BCUT2D eigenvalue weighted by atomic mass is 10.3. The molecule has 0 aliphatic rings. The zero-order valence-corrected chi connectivity index (χ0v) is 16.6. The molecule has 0 bridgehead atoms. The molecule has 1 aromatic carbocycles. The summed E-state index contributed by atoms with van der Waals surface area (Å²) in [7, 11) is 1.17. The summed E-state index contributed by atoms with van der Waals surface area (Å²) >= 11 is 1.01. The van der Waals surface area contributed by atoms with Crippen molar-refractivity contribution < 1.29 is 22.7 Å². The summed E-state index contributed by atoms with van der Waals surface area (Å²) in [5.41, 5.74) is 0.487. The van der Waals surface area contributed by atoms with E-state index in [9.17, 15) is 13.2 Å². The molecule has 1 N–H and O–H groups in total. The number of aryl methyl sites for hydroxylation is 1. The van der Waals surface area contributed by atoms with Gasteiger partial charge in [0.1, 0.15) is 28.7 Å². The first-order chi connectivity index (χ1) is 12.2. The van der Waals surface area contributed by atoms with Crippen molar-refractivity contribution in [2.45, 2.75) is 6.92 Å². The number of carbonyl (C=O) groups is 1. The Kier molecular flexibility index (Phi) is 6.43. The van der Waals surface area contributed by atoms with Crippen molar-refractivity contribution in [2.24, 2.45) is 0 Å². The van der Waals surface area contributed by atoms with Gasteiger partial charge < -0.3 is 14.4 Å². The average Bonchev–Trinajstić information content (AvgIpc) is 2.93. The molecule has 0 radical (unpaired) electrons. The standard InChI is InChI=1S/C16H21N3O5S2/c1-11-14(15(20)19(2)3)25-16(17-11)18-26(21,22)10-9-24-13-7-5-12(23-4)6-8-13/h5-8H,9-10H2,1-4H3,(H,17,18). The molecule has 0 fully saturated rings. The lowest BCUT2D eigenvalue weighted by molar-refractivity contribution is 0.0831. The second kappa shape index (κ2) is 8.37. The highest BCUT2D eigenvalue weighted by atomic mass is 32.2. The Hall–Kier alpha value is -2.33. The summed E-state index contributed by atoms with van der Waals surface area (Å²) < 4.78 is 37.2. The van der Waals surface area contributed by atoms with Gasteiger partial charge in [0.2, 0.25) is 10.0 Å². The van der Waals surface area contributed by atoms with Crippen LogP contribution in [0.2, 0.25) is 0 Å². The van der Waals surface area contributed by atoms with Crippen LogP contribution in [0, 0.1) is 6.92 Å². The van der Waals surface area contributed by atoms with Crippen molar-refractivity contribution in [1.82, 2.24) is 9.88 Å². The molecule has 1 amide bonds. The molecule has 0 spiro atoms. The molecule has 8 nitrogen and oxygen atoms in total. The van der Waals surface area contributed by atoms with Gasteiger partial charge in [0.05, 0.1) is 12.8 Å². The van der Waals surface area contributed by atoms with Crippen molar-refractivity contribution in [3.8, 4) is 11.5 Å². The van der Waals surface area contributed by atoms with Crippen molar-refractivity contribution in [2.75, 3.05) is 38.3 Å². The van der Waals surface area contributed by atoms with Gasteiger partial charge in [-0.25, -0.2) is 13.4 Å². The highest BCUT2D eigenvalue weighted by molar-refractivity contribution is 7.92. The van der Waals surface area contributed by atoms with Crippen molar-refractivity contribution in [3.63, 3.8) is 0 Å². The van der Waals surface area contributed by atoms with E-state index >= 15 is 0 Å². The van der Waals surface area contributed by atoms with Gasteiger partial charge in [0, 0.05) is 14.1 Å². The van der Waals surface area contributed by atoms with Gasteiger partial charge in [0.15, 0.2) is 5.13 Å². The Morgan fingerprint density at radius 1 is 1.23 bits per heavy atom. The van der Waals surface area contributed by atoms with Crippen LogP contribution in [0.4, 0.5) is 5.13 Å². The van der Waals surface area contributed by atoms with Crippen molar-refractivity contribution >= 4 is 32.4 Å². The molecular weight excluding hydrogens is 378 g/mol. The SMILES string of the molecule is COc1ccc(OCCS(=O)(=O)Nc2nc(C)c(C(=O)N(C)C)s2)cc1. The first kappa shape index (κ1) is 20.0. The van der Waals surface area contributed by atoms with Crippen LogP contribution >= 0.6 is 11.3 Å². The van der Waals surface area contributed by atoms with Gasteiger partial charge in [-0.15, -0.1) is 0 Å². The predicted octanol–water partition coefficient (Wildman–Crippen LogP) is 1.98. The average molecular weight is 399 g/mol. The quantitative estimate of drug-likeness (QED) is 0.729. The van der Waals surface area contributed by atoms with Gasteiger partial charge in [0.25, 0.3) is 5.91 Å². The van der Waals surface area contributed by atoms with Crippen LogP contribution in [0.5, 0.6) is 11.5 Å². The molecule has 0 saturated heterocycles. The van der Waals surface area contributed by atoms with E-state index in [2.05, 4.69) is 9.71 Å². The number of nitrogens with one attached hydrogen (secondary N) is 1. The molecule has 26 heavy (non-hydrogen) atoms. The van der Waals surface area contributed by atoms with Gasteiger partial charge in [-0.2, -0.15) is 0 Å². The monoisotopic (exact) mass is 399 g/mol. The summed E-state index contributed by atoms with van der Waals surface area (Å²) in [5.74, 6) is 0.779. The fourth-order valence-corrected chi connectivity index (χ4v) is 4.07. The summed E-state index contributed by atoms with van der Waals surface area (Å²) in [6, 6.07) is 6.85. The Morgan fingerprint density at radius 3 is 2.42 bits per heavy atom. The second-order valence-corrected chi connectivity index (χ2v) is 8.42. The van der Waals surface area contributed by atoms with Crippen LogP contribution in [0.3, 0.4) is 0 Å². The lowest BCUT2D eigenvalue weighted by Gasteiger charge is -2.08. The summed E-state index contributed by atoms with van der Waals surface area (Å²) in [6.07, 6.45) is 0. The number of thiazole rings is 1. The van der Waals surface area contributed by atoms with Crippen LogP contribution in [-0.2, 0) is 10.0 Å². The first-order valence-corrected chi connectivity index (χ1v) is 10.1. The molecule has 1 heterocycles. The number of methoxy groups -OCH3 is 1. The Morgan fingerprint density at radius 2 is 1.85 bits per heavy atom. The fourth-order valence-electron chi connectivity index (χ4n) is 1.97. The molecule has 0 atom stereocenters. The van der Waals surface area contributed by atoms with E-state index in [4.69, 9.17) is 9.47 Å². The molecule has 2 rings (SSSR count). The number of hydrogen-bond donors (Lipinski definition) is 1. The molecule has 10 heteroatoms. The lowest BCUT2D eigenvalue weighted by Crippen LogP contribution is -2.21. The van der Waals surface area contributed by atoms with Crippen molar-refractivity contribution in [1.29, 1.82) is 0 Å². The molecule has 142 valence electrons. The van der Waals surface area contributed by atoms with Gasteiger partial charge in [-0.1, -0.05) is 11.3 Å². The summed E-state index contributed by atoms with van der Waals surface area (Å²) in [6.45, 7) is 1.65. The number of benzene rings is 1. The highest BCUT2D eigenvalue weighted by Gasteiger charge is 2.20. The normalized spacial score (nSPS) is 11.1. The van der Waals surface area contributed by atoms with E-state index in [1.807, 2.05) is 0 Å². The number of hydrogen-bond acceptors (Lipinski definition) is 7. The molecular formula is C16H21N3O5S2. The minimum absolute atomic E-state index is 0.0183. The molecule has 1 aromatic heterocycles. The fraction of sp³-hybridized carbons (Fsp3) is 0.375. The number of amides is 1. The zero-order valence-electron chi connectivity index (χ0n) is 15.0. The van der Waals surface area contributed by atoms with Gasteiger partial charge in [-0.3, -0.25) is 9.52 Å². The maximum Gasteiger partial charge on any atom is 0.265 e. The number of anilines is 1. The van der Waals surface area contributed by atoms with Crippen LogP contribution in [0.1, 0.15) is 15.4 Å². The Balaban J connectivity index is 1.94. The van der Waals surface area contributed by atoms with Crippen LogP contribution in [0.15, 0.2) is 24.3 Å². The highest BCUT2D eigenvalue weighted by Crippen LogP contribution is 2.24. The number of nitrogens with zero attached hydrogens (tertiary/aromatic N) is 2. The smallest absolute Gasteiger partial charge is 0.265 e. The third-order valence-electron chi connectivity index (χ3n) is 3.32. The maximum absolute atomic E-state index is 12.2. The minimum atomic E-state index is -3.64. The minimum Gasteiger partial charge on any atom is -0.497 e. The molecule has 0 aliphatic heterocycles. The van der Waals surface area contributed by atoms with Gasteiger partial charge >= 0.3 is 0 Å². The first-order valence-electron chi connectivity index (χ1n) is 7.68. The largest absolute Gasteiger partial charge is 0.497 e. The third-order valence-corrected chi connectivity index (χ3v) is 5.72. The molecule has 0 unspecified atom stereocenters. The van der Waals surface area contributed by atoms with Crippen LogP contribution in [-0.4, -0.2) is 57.8 Å². The van der Waals surface area contributed by atoms with E-state index in [0.717, 1.165) is 11.3 Å². The van der Waals surface area contributed by atoms with Crippen molar-refractivity contribution in [3.05, 3.63) is 34.8 Å². The summed E-state index contributed by atoms with van der Waals surface area (Å²) in [4.78, 5) is 17.9. The van der Waals surface area contributed by atoms with E-state index in [-0.39, 0.29) is 23.4 Å². The Bertz CT molecular complexity index is 861. The molecule has 2 aromatic rings. The number of ether oxygens (including phenoxy) is 2. The van der Waals surface area contributed by atoms with Crippen LogP contribution in [0.25, 0.3) is 0 Å². The number of sulfonamides is 1. The maximum atomic E-state index is 12.2. The van der Waals surface area contributed by atoms with E-state index in [1.54, 1.807) is 52.4 Å². The van der Waals surface area contributed by atoms with E-state index < -0.39 is 10.0 Å². The third kappa shape index (κ3) is 5.33. The number of rotatable bonds is 8. The predicted molar refractivity (Wildman–Crippen MR) is 101 cm³/mol. The van der Waals surface area contributed by atoms with E-state index in [0.29, 0.717) is 22.1 Å². The van der Waals surface area contributed by atoms with Crippen LogP contribution < -0.4 is 14.2 Å². The van der Waals surface area contributed by atoms with Gasteiger partial charge in [-0.05, 0) is 31.2 Å². The second-order valence-electron chi connectivity index (χ2n) is 5.58. The zero-order chi connectivity index (χ0) is 19.3. The summed E-state index contributed by atoms with van der Waals surface area (Å²) in [5, 5.41) is 0.164. The Labute approximate surface area is 156 Å². The number of aromatic nitrogens is 1. The topological polar surface area (TPSA) is 97.8 Å².